The summed E-state index contributed by atoms with van der Waals surface area (Å²) >= 11 is 0. The number of phenols is 1. The van der Waals surface area contributed by atoms with Gasteiger partial charge >= 0.3 is 0 Å². The molecule has 0 amide bonds. The van der Waals surface area contributed by atoms with E-state index in [1.54, 1.807) is 12.1 Å². The van der Waals surface area contributed by atoms with Gasteiger partial charge in [-0.2, -0.15) is 0 Å². The molecule has 0 aliphatic carbocycles. The van der Waals surface area contributed by atoms with E-state index < -0.39 is 9.84 Å². The molecule has 1 aliphatic rings. The highest BCUT2D eigenvalue weighted by molar-refractivity contribution is 7.91. The van der Waals surface area contributed by atoms with Crippen LogP contribution in [-0.4, -0.2) is 37.6 Å². The fraction of sp³-hybridized carbons (Fsp3) is 0.571. The van der Waals surface area contributed by atoms with Crippen molar-refractivity contribution < 1.29 is 13.5 Å². The van der Waals surface area contributed by atoms with Crippen LogP contribution in [0.2, 0.25) is 0 Å². The molecule has 0 radical (unpaired) electrons. The lowest BCUT2D eigenvalue weighted by molar-refractivity contribution is 0.386. The molecule has 0 bridgehead atoms. The molecule has 0 spiro atoms. The lowest BCUT2D eigenvalue weighted by Crippen LogP contribution is -2.38. The number of nitrogens with one attached hydrogen (secondary N) is 1. The molecule has 0 saturated carbocycles. The maximum atomic E-state index is 11.6. The van der Waals surface area contributed by atoms with Gasteiger partial charge in [0.25, 0.3) is 0 Å². The average molecular weight is 283 g/mol. The van der Waals surface area contributed by atoms with Crippen LogP contribution in [0, 0.1) is 5.92 Å². The van der Waals surface area contributed by atoms with Gasteiger partial charge in [-0.25, -0.2) is 8.42 Å². The molecule has 1 aromatic rings. The van der Waals surface area contributed by atoms with E-state index in [1.807, 2.05) is 19.1 Å². The van der Waals surface area contributed by atoms with E-state index in [4.69, 9.17) is 0 Å². The number of benzene rings is 1. The summed E-state index contributed by atoms with van der Waals surface area (Å²) in [6.45, 7) is 2.87. The Kier molecular flexibility index (Phi) is 4.47. The fourth-order valence-corrected chi connectivity index (χ4v) is 4.57. The zero-order valence-corrected chi connectivity index (χ0v) is 12.0. The van der Waals surface area contributed by atoms with Gasteiger partial charge in [0.05, 0.1) is 11.5 Å². The molecule has 19 heavy (non-hydrogen) atoms. The van der Waals surface area contributed by atoms with Crippen molar-refractivity contribution in [2.24, 2.45) is 5.92 Å². The summed E-state index contributed by atoms with van der Waals surface area (Å²) in [5.41, 5.74) is 1.12. The monoisotopic (exact) mass is 283 g/mol. The normalized spacial score (nSPS) is 23.3. The van der Waals surface area contributed by atoms with Crippen molar-refractivity contribution >= 4 is 9.84 Å². The molecule has 1 saturated heterocycles. The van der Waals surface area contributed by atoms with Crippen LogP contribution in [0.4, 0.5) is 0 Å². The minimum Gasteiger partial charge on any atom is -0.508 e. The zero-order valence-electron chi connectivity index (χ0n) is 11.2. The van der Waals surface area contributed by atoms with Crippen molar-refractivity contribution in [3.05, 3.63) is 29.8 Å². The Bertz CT molecular complexity index is 510. The van der Waals surface area contributed by atoms with E-state index in [0.29, 0.717) is 11.5 Å². The van der Waals surface area contributed by atoms with Crippen molar-refractivity contribution in [3.8, 4) is 5.75 Å². The molecule has 2 unspecified atom stereocenters. The Morgan fingerprint density at radius 1 is 1.37 bits per heavy atom. The summed E-state index contributed by atoms with van der Waals surface area (Å²) in [5, 5.41) is 12.7. The number of hydrogen-bond donors (Lipinski definition) is 2. The predicted molar refractivity (Wildman–Crippen MR) is 76.0 cm³/mol. The summed E-state index contributed by atoms with van der Waals surface area (Å²) in [6, 6.07) is 7.31. The van der Waals surface area contributed by atoms with Crippen LogP contribution < -0.4 is 5.32 Å². The van der Waals surface area contributed by atoms with Gasteiger partial charge in [-0.05, 0) is 43.0 Å². The Labute approximate surface area is 114 Å². The zero-order chi connectivity index (χ0) is 13.9. The molecule has 5 heteroatoms. The van der Waals surface area contributed by atoms with Gasteiger partial charge in [0.15, 0.2) is 9.84 Å². The molecule has 106 valence electrons. The van der Waals surface area contributed by atoms with E-state index in [2.05, 4.69) is 5.32 Å². The maximum Gasteiger partial charge on any atom is 0.150 e. The number of aromatic hydroxyl groups is 1. The minimum atomic E-state index is -2.84. The molecule has 1 heterocycles. The van der Waals surface area contributed by atoms with E-state index in [-0.39, 0.29) is 17.7 Å². The Balaban J connectivity index is 2.06. The third-order valence-corrected chi connectivity index (χ3v) is 5.49. The highest BCUT2D eigenvalue weighted by atomic mass is 32.2. The molecule has 2 N–H and O–H groups in total. The maximum absolute atomic E-state index is 11.6. The van der Waals surface area contributed by atoms with Crippen molar-refractivity contribution in [1.82, 2.24) is 5.32 Å². The van der Waals surface area contributed by atoms with Crippen molar-refractivity contribution in [3.63, 3.8) is 0 Å². The Hall–Kier alpha value is -1.07. The summed E-state index contributed by atoms with van der Waals surface area (Å²) < 4.78 is 23.2. The first-order valence-electron chi connectivity index (χ1n) is 6.72. The Morgan fingerprint density at radius 2 is 2.05 bits per heavy atom. The van der Waals surface area contributed by atoms with Crippen LogP contribution in [-0.2, 0) is 16.3 Å². The van der Waals surface area contributed by atoms with Gasteiger partial charge in [-0.15, -0.1) is 0 Å². The van der Waals surface area contributed by atoms with E-state index in [1.165, 1.54) is 0 Å². The number of hydrogen-bond acceptors (Lipinski definition) is 4. The van der Waals surface area contributed by atoms with Crippen LogP contribution in [0.25, 0.3) is 0 Å². The largest absolute Gasteiger partial charge is 0.508 e. The average Bonchev–Trinajstić information content (AvgIpc) is 2.72. The predicted octanol–water partition coefficient (Wildman–Crippen LogP) is 1.35. The molecule has 4 nitrogen and oxygen atoms in total. The molecular weight excluding hydrogens is 262 g/mol. The van der Waals surface area contributed by atoms with E-state index in [9.17, 15) is 13.5 Å². The van der Waals surface area contributed by atoms with Gasteiger partial charge in [0, 0.05) is 6.04 Å². The molecule has 2 rings (SSSR count). The number of phenolic OH excluding ortho intramolecular Hbond substituents is 1. The first-order valence-corrected chi connectivity index (χ1v) is 8.54. The van der Waals surface area contributed by atoms with Gasteiger partial charge in [-0.3, -0.25) is 0 Å². The van der Waals surface area contributed by atoms with Gasteiger partial charge in [0.1, 0.15) is 5.75 Å². The molecule has 1 fully saturated rings. The first kappa shape index (κ1) is 14.3. The van der Waals surface area contributed by atoms with E-state index >= 15 is 0 Å². The number of likely N-dealkylation sites (N-methyl/N-ethyl adjacent to an activating group) is 1. The number of sulfone groups is 1. The van der Waals surface area contributed by atoms with E-state index in [0.717, 1.165) is 24.9 Å². The number of rotatable bonds is 5. The molecular formula is C14H21NO3S. The lowest BCUT2D eigenvalue weighted by atomic mass is 9.93. The summed E-state index contributed by atoms with van der Waals surface area (Å²) in [6.07, 6.45) is 1.55. The summed E-state index contributed by atoms with van der Waals surface area (Å²) in [7, 11) is -2.84. The molecule has 1 aromatic carbocycles. The van der Waals surface area contributed by atoms with Crippen LogP contribution in [0.15, 0.2) is 24.3 Å². The van der Waals surface area contributed by atoms with Crippen molar-refractivity contribution in [1.29, 1.82) is 0 Å². The minimum absolute atomic E-state index is 0.187. The summed E-state index contributed by atoms with van der Waals surface area (Å²) in [4.78, 5) is 0. The van der Waals surface area contributed by atoms with Gasteiger partial charge in [-0.1, -0.05) is 19.1 Å². The second-order valence-corrected chi connectivity index (χ2v) is 7.43. The SMILES string of the molecule is CCNC(Cc1ccc(O)cc1)C1CCS(=O)(=O)C1. The smallest absolute Gasteiger partial charge is 0.150 e. The molecule has 1 aliphatic heterocycles. The summed E-state index contributed by atoms with van der Waals surface area (Å²) in [5.74, 6) is 1.06. The van der Waals surface area contributed by atoms with Crippen molar-refractivity contribution in [2.75, 3.05) is 18.1 Å². The molecule has 0 aromatic heterocycles. The third-order valence-electron chi connectivity index (χ3n) is 3.69. The van der Waals surface area contributed by atoms with Gasteiger partial charge in [0.2, 0.25) is 0 Å². The third kappa shape index (κ3) is 3.94. The quantitative estimate of drug-likeness (QED) is 0.856. The van der Waals surface area contributed by atoms with Crippen LogP contribution in [0.5, 0.6) is 5.75 Å². The van der Waals surface area contributed by atoms with Crippen molar-refractivity contribution in [2.45, 2.75) is 25.8 Å². The second kappa shape index (κ2) is 5.92. The topological polar surface area (TPSA) is 66.4 Å². The first-order chi connectivity index (χ1) is 9.00. The van der Waals surface area contributed by atoms with Gasteiger partial charge < -0.3 is 10.4 Å². The molecule has 2 atom stereocenters. The lowest BCUT2D eigenvalue weighted by Gasteiger charge is -2.23. The van der Waals surface area contributed by atoms with Crippen LogP contribution in [0.3, 0.4) is 0 Å². The standard InChI is InChI=1S/C14H21NO3S/c1-2-15-14(12-7-8-19(17,18)10-12)9-11-3-5-13(16)6-4-11/h3-6,12,14-16H,2,7-10H2,1H3. The van der Waals surface area contributed by atoms with Crippen LogP contribution in [0.1, 0.15) is 18.9 Å². The fourth-order valence-electron chi connectivity index (χ4n) is 2.69. The highest BCUT2D eigenvalue weighted by Gasteiger charge is 2.33. The second-order valence-electron chi connectivity index (χ2n) is 5.20. The Morgan fingerprint density at radius 3 is 2.58 bits per heavy atom. The van der Waals surface area contributed by atoms with Crippen LogP contribution >= 0.6 is 0 Å². The highest BCUT2D eigenvalue weighted by Crippen LogP contribution is 2.24.